The van der Waals surface area contributed by atoms with Crippen LogP contribution in [-0.2, 0) is 4.43 Å². The fourth-order valence-corrected chi connectivity index (χ4v) is 8.77. The van der Waals surface area contributed by atoms with Gasteiger partial charge in [-0.3, -0.25) is 0 Å². The number of likely N-dealkylation sites (N-methyl/N-ethyl adjacent to an activating group) is 1. The van der Waals surface area contributed by atoms with Crippen molar-refractivity contribution < 1.29 is 4.43 Å². The molecular weight excluding hydrogens is 322 g/mol. The molecule has 0 bridgehead atoms. The lowest BCUT2D eigenvalue weighted by Crippen LogP contribution is -2.67. The van der Waals surface area contributed by atoms with Crippen molar-refractivity contribution in [2.45, 2.75) is 44.7 Å². The largest absolute Gasteiger partial charge is 0.406 e. The maximum Gasteiger partial charge on any atom is 0.261 e. The molecule has 0 saturated carbocycles. The van der Waals surface area contributed by atoms with Crippen LogP contribution in [0.4, 0.5) is 0 Å². The van der Waals surface area contributed by atoms with Crippen molar-refractivity contribution in [3.05, 3.63) is 60.7 Å². The van der Waals surface area contributed by atoms with Gasteiger partial charge in [0.1, 0.15) is 0 Å². The van der Waals surface area contributed by atoms with Crippen molar-refractivity contribution in [3.63, 3.8) is 0 Å². The first-order valence-electron chi connectivity index (χ1n) is 9.40. The van der Waals surface area contributed by atoms with Crippen LogP contribution in [-0.4, -0.2) is 39.5 Å². The van der Waals surface area contributed by atoms with Crippen LogP contribution in [0, 0.1) is 0 Å². The average Bonchev–Trinajstić information content (AvgIpc) is 3.01. The van der Waals surface area contributed by atoms with Crippen LogP contribution in [0.15, 0.2) is 60.7 Å². The van der Waals surface area contributed by atoms with Crippen LogP contribution in [0.25, 0.3) is 0 Å². The standard InChI is InChI=1S/C22H31NOSi/c1-22(2,3)25(20-13-7-5-8-14-20,21-15-9-6-10-16-21)24-18-19-12-11-17-23(19)4/h5-10,13-16,19H,11-12,17-18H2,1-4H3/t19-/m1/s1. The third-order valence-corrected chi connectivity index (χ3v) is 10.6. The van der Waals surface area contributed by atoms with E-state index in [9.17, 15) is 0 Å². The molecular formula is C22H31NOSi. The van der Waals surface area contributed by atoms with Crippen molar-refractivity contribution in [2.24, 2.45) is 0 Å². The summed E-state index contributed by atoms with van der Waals surface area (Å²) in [5.74, 6) is 0. The second-order valence-corrected chi connectivity index (χ2v) is 12.6. The Morgan fingerprint density at radius 1 is 0.960 bits per heavy atom. The maximum absolute atomic E-state index is 7.02. The highest BCUT2D eigenvalue weighted by molar-refractivity contribution is 6.99. The molecule has 0 aromatic heterocycles. The molecule has 2 nitrogen and oxygen atoms in total. The van der Waals surface area contributed by atoms with Gasteiger partial charge in [0.25, 0.3) is 8.32 Å². The fourth-order valence-electron chi connectivity index (χ4n) is 4.17. The quantitative estimate of drug-likeness (QED) is 0.761. The Labute approximate surface area is 154 Å². The van der Waals surface area contributed by atoms with Crippen molar-refractivity contribution >= 4 is 18.7 Å². The molecule has 134 valence electrons. The van der Waals surface area contributed by atoms with E-state index in [-0.39, 0.29) is 5.04 Å². The van der Waals surface area contributed by atoms with E-state index in [4.69, 9.17) is 4.43 Å². The third-order valence-electron chi connectivity index (χ3n) is 5.58. The van der Waals surface area contributed by atoms with Crippen LogP contribution in [0.2, 0.25) is 5.04 Å². The van der Waals surface area contributed by atoms with E-state index in [1.54, 1.807) is 0 Å². The van der Waals surface area contributed by atoms with Gasteiger partial charge < -0.3 is 9.33 Å². The molecule has 2 aromatic rings. The molecule has 1 fully saturated rings. The molecule has 1 aliphatic heterocycles. The average molecular weight is 354 g/mol. The summed E-state index contributed by atoms with van der Waals surface area (Å²) < 4.78 is 7.02. The molecule has 25 heavy (non-hydrogen) atoms. The van der Waals surface area contributed by atoms with Gasteiger partial charge in [-0.15, -0.1) is 0 Å². The van der Waals surface area contributed by atoms with Crippen LogP contribution in [0.1, 0.15) is 33.6 Å². The van der Waals surface area contributed by atoms with Gasteiger partial charge >= 0.3 is 0 Å². The van der Waals surface area contributed by atoms with E-state index in [0.717, 1.165) is 6.61 Å². The predicted molar refractivity (Wildman–Crippen MR) is 109 cm³/mol. The van der Waals surface area contributed by atoms with Gasteiger partial charge in [-0.2, -0.15) is 0 Å². The number of hydrogen-bond donors (Lipinski definition) is 0. The SMILES string of the molecule is CN1CCC[C@@H]1CO[Si](c1ccccc1)(c1ccccc1)C(C)(C)C. The number of hydrogen-bond acceptors (Lipinski definition) is 2. The lowest BCUT2D eigenvalue weighted by Gasteiger charge is -2.44. The van der Waals surface area contributed by atoms with Crippen LogP contribution in [0.3, 0.4) is 0 Å². The summed E-state index contributed by atoms with van der Waals surface area (Å²) in [6.45, 7) is 9.05. The molecule has 0 amide bonds. The lowest BCUT2D eigenvalue weighted by atomic mass is 10.2. The van der Waals surface area contributed by atoms with Crippen LogP contribution >= 0.6 is 0 Å². The molecule has 1 saturated heterocycles. The molecule has 1 heterocycles. The first-order chi connectivity index (χ1) is 11.9. The van der Waals surface area contributed by atoms with E-state index in [2.05, 4.69) is 93.4 Å². The van der Waals surface area contributed by atoms with Gasteiger partial charge in [0.2, 0.25) is 0 Å². The Hall–Kier alpha value is -1.42. The van der Waals surface area contributed by atoms with Gasteiger partial charge in [0.05, 0.1) is 6.61 Å². The Bertz CT molecular complexity index is 626. The number of benzene rings is 2. The van der Waals surface area contributed by atoms with Gasteiger partial charge in [0.15, 0.2) is 0 Å². The third kappa shape index (κ3) is 3.59. The molecule has 2 aromatic carbocycles. The first-order valence-corrected chi connectivity index (χ1v) is 11.3. The monoisotopic (exact) mass is 353 g/mol. The predicted octanol–water partition coefficient (Wildman–Crippen LogP) is 3.66. The van der Waals surface area contributed by atoms with E-state index >= 15 is 0 Å². The minimum atomic E-state index is -2.37. The molecule has 3 heteroatoms. The lowest BCUT2D eigenvalue weighted by molar-refractivity contribution is 0.189. The van der Waals surface area contributed by atoms with E-state index < -0.39 is 8.32 Å². The number of rotatable bonds is 5. The minimum Gasteiger partial charge on any atom is -0.406 e. The number of likely N-dealkylation sites (tertiary alicyclic amines) is 1. The smallest absolute Gasteiger partial charge is 0.261 e. The molecule has 0 unspecified atom stereocenters. The van der Waals surface area contributed by atoms with Crippen LogP contribution in [0.5, 0.6) is 0 Å². The molecule has 0 radical (unpaired) electrons. The second-order valence-electron chi connectivity index (χ2n) is 8.25. The van der Waals surface area contributed by atoms with Gasteiger partial charge in [0, 0.05) is 6.04 Å². The molecule has 0 N–H and O–H groups in total. The number of nitrogens with zero attached hydrogens (tertiary/aromatic N) is 1. The topological polar surface area (TPSA) is 12.5 Å². The van der Waals surface area contributed by atoms with Gasteiger partial charge in [-0.25, -0.2) is 0 Å². The summed E-state index contributed by atoms with van der Waals surface area (Å²) >= 11 is 0. The van der Waals surface area contributed by atoms with Crippen molar-refractivity contribution in [3.8, 4) is 0 Å². The summed E-state index contributed by atoms with van der Waals surface area (Å²) in [5, 5.41) is 2.80. The summed E-state index contributed by atoms with van der Waals surface area (Å²) in [5.41, 5.74) is 0. The molecule has 0 aliphatic carbocycles. The zero-order chi connectivity index (χ0) is 17.9. The van der Waals surface area contributed by atoms with Gasteiger partial charge in [-0.05, 0) is 41.8 Å². The highest BCUT2D eigenvalue weighted by Gasteiger charge is 2.50. The zero-order valence-corrected chi connectivity index (χ0v) is 17.0. The second kappa shape index (κ2) is 7.44. The van der Waals surface area contributed by atoms with Crippen LogP contribution < -0.4 is 10.4 Å². The van der Waals surface area contributed by atoms with E-state index in [1.807, 2.05) is 0 Å². The van der Waals surface area contributed by atoms with Gasteiger partial charge in [-0.1, -0.05) is 81.4 Å². The minimum absolute atomic E-state index is 0.0624. The summed E-state index contributed by atoms with van der Waals surface area (Å²) in [6.07, 6.45) is 2.53. The maximum atomic E-state index is 7.02. The molecule has 1 atom stereocenters. The Morgan fingerprint density at radius 3 is 1.88 bits per heavy atom. The normalized spacial score (nSPS) is 19.3. The Morgan fingerprint density at radius 2 is 1.48 bits per heavy atom. The van der Waals surface area contributed by atoms with E-state index in [1.165, 1.54) is 29.8 Å². The summed E-state index contributed by atoms with van der Waals surface area (Å²) in [7, 11) is -0.145. The van der Waals surface area contributed by atoms with Crippen molar-refractivity contribution in [1.82, 2.24) is 4.90 Å². The Balaban J connectivity index is 2.05. The highest BCUT2D eigenvalue weighted by Crippen LogP contribution is 2.37. The van der Waals surface area contributed by atoms with Crippen molar-refractivity contribution in [2.75, 3.05) is 20.2 Å². The fraction of sp³-hybridized carbons (Fsp3) is 0.455. The zero-order valence-electron chi connectivity index (χ0n) is 16.0. The summed E-state index contributed by atoms with van der Waals surface area (Å²) in [4.78, 5) is 2.46. The molecule has 1 aliphatic rings. The summed E-state index contributed by atoms with van der Waals surface area (Å²) in [6, 6.07) is 22.4. The molecule has 3 rings (SSSR count). The molecule has 0 spiro atoms. The van der Waals surface area contributed by atoms with Crippen molar-refractivity contribution in [1.29, 1.82) is 0 Å². The van der Waals surface area contributed by atoms with E-state index in [0.29, 0.717) is 6.04 Å². The first kappa shape index (κ1) is 18.4. The highest BCUT2D eigenvalue weighted by atomic mass is 28.4. The Kier molecular flexibility index (Phi) is 5.47.